The van der Waals surface area contributed by atoms with Crippen molar-refractivity contribution in [2.24, 2.45) is 0 Å². The predicted octanol–water partition coefficient (Wildman–Crippen LogP) is 2.97. The minimum Gasteiger partial charge on any atom is -0.472 e. The maximum absolute atomic E-state index is 11.9. The van der Waals surface area contributed by atoms with Gasteiger partial charge < -0.3 is 4.42 Å². The van der Waals surface area contributed by atoms with Gasteiger partial charge in [0.1, 0.15) is 6.26 Å². The van der Waals surface area contributed by atoms with Crippen LogP contribution in [0.3, 0.4) is 0 Å². The topological polar surface area (TPSA) is 58.4 Å². The van der Waals surface area contributed by atoms with Crippen LogP contribution in [0.25, 0.3) is 0 Å². The van der Waals surface area contributed by atoms with Gasteiger partial charge in [-0.25, -0.2) is 4.98 Å². The molecule has 0 aromatic carbocycles. The van der Waals surface area contributed by atoms with Crippen molar-refractivity contribution in [3.05, 3.63) is 35.2 Å². The van der Waals surface area contributed by atoms with E-state index in [1.54, 1.807) is 6.07 Å². The highest BCUT2D eigenvalue weighted by molar-refractivity contribution is 7.13. The fraction of sp³-hybridized carbons (Fsp3) is 0.429. The SMILES string of the molecule is O=C(Nc1nc(CN2CCCCC2)cs1)c1ccoc1. The summed E-state index contributed by atoms with van der Waals surface area (Å²) >= 11 is 1.46. The molecular weight excluding hydrogens is 274 g/mol. The summed E-state index contributed by atoms with van der Waals surface area (Å²) in [5, 5.41) is 5.45. The minimum absolute atomic E-state index is 0.183. The maximum atomic E-state index is 11.9. The second-order valence-corrected chi connectivity index (χ2v) is 5.81. The quantitative estimate of drug-likeness (QED) is 0.941. The van der Waals surface area contributed by atoms with E-state index >= 15 is 0 Å². The third-order valence-corrected chi connectivity index (χ3v) is 4.20. The monoisotopic (exact) mass is 291 g/mol. The summed E-state index contributed by atoms with van der Waals surface area (Å²) in [6.07, 6.45) is 6.79. The van der Waals surface area contributed by atoms with Crippen LogP contribution >= 0.6 is 11.3 Å². The lowest BCUT2D eigenvalue weighted by molar-refractivity contribution is 0.102. The number of carbonyl (C=O) groups excluding carboxylic acids is 1. The van der Waals surface area contributed by atoms with Gasteiger partial charge in [0.25, 0.3) is 5.91 Å². The van der Waals surface area contributed by atoms with Crippen LogP contribution in [0.5, 0.6) is 0 Å². The van der Waals surface area contributed by atoms with Crippen LogP contribution in [0.2, 0.25) is 0 Å². The van der Waals surface area contributed by atoms with Gasteiger partial charge in [-0.15, -0.1) is 11.3 Å². The summed E-state index contributed by atoms with van der Waals surface area (Å²) in [7, 11) is 0. The molecule has 3 heterocycles. The molecule has 0 radical (unpaired) electrons. The summed E-state index contributed by atoms with van der Waals surface area (Å²) in [5.41, 5.74) is 1.54. The van der Waals surface area contributed by atoms with Gasteiger partial charge in [0, 0.05) is 11.9 Å². The summed E-state index contributed by atoms with van der Waals surface area (Å²) in [6, 6.07) is 1.64. The molecule has 6 heteroatoms. The second-order valence-electron chi connectivity index (χ2n) is 4.95. The Balaban J connectivity index is 1.57. The number of likely N-dealkylation sites (tertiary alicyclic amines) is 1. The number of hydrogen-bond acceptors (Lipinski definition) is 5. The smallest absolute Gasteiger partial charge is 0.260 e. The van der Waals surface area contributed by atoms with Crippen molar-refractivity contribution in [2.75, 3.05) is 18.4 Å². The zero-order chi connectivity index (χ0) is 13.8. The number of piperidine rings is 1. The maximum Gasteiger partial charge on any atom is 0.260 e. The van der Waals surface area contributed by atoms with Gasteiger partial charge in [-0.05, 0) is 32.0 Å². The highest BCUT2D eigenvalue weighted by atomic mass is 32.1. The molecule has 0 unspecified atom stereocenters. The molecule has 0 bridgehead atoms. The lowest BCUT2D eigenvalue weighted by atomic mass is 10.1. The molecule has 2 aromatic rings. The summed E-state index contributed by atoms with van der Waals surface area (Å²) < 4.78 is 4.89. The second kappa shape index (κ2) is 6.19. The number of thiazole rings is 1. The van der Waals surface area contributed by atoms with E-state index in [-0.39, 0.29) is 5.91 Å². The lowest BCUT2D eigenvalue weighted by Gasteiger charge is -2.25. The number of amides is 1. The van der Waals surface area contributed by atoms with Gasteiger partial charge in [0.15, 0.2) is 5.13 Å². The average Bonchev–Trinajstić information content (AvgIpc) is 3.11. The Hall–Kier alpha value is -1.66. The van der Waals surface area contributed by atoms with Crippen molar-refractivity contribution < 1.29 is 9.21 Å². The molecule has 2 aromatic heterocycles. The molecule has 106 valence electrons. The van der Waals surface area contributed by atoms with Crippen LogP contribution in [-0.2, 0) is 6.54 Å². The molecule has 3 rings (SSSR count). The molecule has 1 aliphatic rings. The van der Waals surface area contributed by atoms with Crippen molar-refractivity contribution in [1.29, 1.82) is 0 Å². The number of nitrogens with zero attached hydrogens (tertiary/aromatic N) is 2. The molecule has 1 aliphatic heterocycles. The number of aromatic nitrogens is 1. The summed E-state index contributed by atoms with van der Waals surface area (Å²) in [5.74, 6) is -0.183. The van der Waals surface area contributed by atoms with Crippen LogP contribution in [0, 0.1) is 0 Å². The number of hydrogen-bond donors (Lipinski definition) is 1. The van der Waals surface area contributed by atoms with Gasteiger partial charge in [-0.3, -0.25) is 15.0 Å². The molecular formula is C14H17N3O2S. The Morgan fingerprint density at radius 1 is 1.40 bits per heavy atom. The van der Waals surface area contributed by atoms with E-state index in [4.69, 9.17) is 4.42 Å². The Bertz CT molecular complexity index is 559. The number of rotatable bonds is 4. The first kappa shape index (κ1) is 13.3. The van der Waals surface area contributed by atoms with Crippen molar-refractivity contribution in [1.82, 2.24) is 9.88 Å². The van der Waals surface area contributed by atoms with E-state index in [9.17, 15) is 4.79 Å². The van der Waals surface area contributed by atoms with Crippen LogP contribution in [-0.4, -0.2) is 28.9 Å². The molecule has 1 N–H and O–H groups in total. The van der Waals surface area contributed by atoms with E-state index in [0.29, 0.717) is 10.7 Å². The highest BCUT2D eigenvalue weighted by Crippen LogP contribution is 2.19. The zero-order valence-corrected chi connectivity index (χ0v) is 12.0. The first-order valence-electron chi connectivity index (χ1n) is 6.81. The highest BCUT2D eigenvalue weighted by Gasteiger charge is 2.14. The predicted molar refractivity (Wildman–Crippen MR) is 77.9 cm³/mol. The zero-order valence-electron chi connectivity index (χ0n) is 11.2. The largest absolute Gasteiger partial charge is 0.472 e. The normalized spacial score (nSPS) is 16.2. The van der Waals surface area contributed by atoms with E-state index in [0.717, 1.165) is 25.3 Å². The van der Waals surface area contributed by atoms with E-state index in [1.807, 2.05) is 5.38 Å². The number of carbonyl (C=O) groups is 1. The average molecular weight is 291 g/mol. The molecule has 0 saturated carbocycles. The molecule has 0 aliphatic carbocycles. The van der Waals surface area contributed by atoms with Gasteiger partial charge in [0.05, 0.1) is 17.5 Å². The van der Waals surface area contributed by atoms with Crippen molar-refractivity contribution in [2.45, 2.75) is 25.8 Å². The lowest BCUT2D eigenvalue weighted by Crippen LogP contribution is -2.29. The number of furan rings is 1. The molecule has 5 nitrogen and oxygen atoms in total. The summed E-state index contributed by atoms with van der Waals surface area (Å²) in [4.78, 5) is 18.7. The van der Waals surface area contributed by atoms with Crippen molar-refractivity contribution >= 4 is 22.4 Å². The van der Waals surface area contributed by atoms with Crippen molar-refractivity contribution in [3.8, 4) is 0 Å². The van der Waals surface area contributed by atoms with Crippen molar-refractivity contribution in [3.63, 3.8) is 0 Å². The van der Waals surface area contributed by atoms with Crippen LogP contribution in [0.4, 0.5) is 5.13 Å². The minimum atomic E-state index is -0.183. The first-order valence-corrected chi connectivity index (χ1v) is 7.69. The van der Waals surface area contributed by atoms with Crippen LogP contribution in [0.1, 0.15) is 35.3 Å². The van der Waals surface area contributed by atoms with Gasteiger partial charge >= 0.3 is 0 Å². The first-order chi connectivity index (χ1) is 9.81. The van der Waals surface area contributed by atoms with Gasteiger partial charge in [-0.2, -0.15) is 0 Å². The Kier molecular flexibility index (Phi) is 4.13. The third-order valence-electron chi connectivity index (χ3n) is 3.39. The third kappa shape index (κ3) is 3.26. The Morgan fingerprint density at radius 2 is 2.25 bits per heavy atom. The Morgan fingerprint density at radius 3 is 3.00 bits per heavy atom. The standard InChI is InChI=1S/C14H17N3O2S/c18-13(11-4-7-19-9-11)16-14-15-12(10-20-14)8-17-5-2-1-3-6-17/h4,7,9-10H,1-3,5-6,8H2,(H,15,16,18). The molecule has 20 heavy (non-hydrogen) atoms. The van der Waals surface area contributed by atoms with E-state index in [2.05, 4.69) is 15.2 Å². The van der Waals surface area contributed by atoms with Gasteiger partial charge in [-0.1, -0.05) is 6.42 Å². The van der Waals surface area contributed by atoms with Gasteiger partial charge in [0.2, 0.25) is 0 Å². The molecule has 1 saturated heterocycles. The number of anilines is 1. The molecule has 1 amide bonds. The van der Waals surface area contributed by atoms with Crippen LogP contribution in [0.15, 0.2) is 28.4 Å². The fourth-order valence-electron chi connectivity index (χ4n) is 2.35. The van der Waals surface area contributed by atoms with E-state index in [1.165, 1.54) is 43.1 Å². The molecule has 1 fully saturated rings. The van der Waals surface area contributed by atoms with E-state index < -0.39 is 0 Å². The van der Waals surface area contributed by atoms with Crippen LogP contribution < -0.4 is 5.32 Å². The summed E-state index contributed by atoms with van der Waals surface area (Å²) in [6.45, 7) is 3.17. The number of nitrogens with one attached hydrogen (secondary N) is 1. The Labute approximate surface area is 121 Å². The fourth-order valence-corrected chi connectivity index (χ4v) is 3.04. The molecule has 0 spiro atoms. The molecule has 0 atom stereocenters.